The van der Waals surface area contributed by atoms with Crippen LogP contribution in [-0.2, 0) is 10.7 Å². The van der Waals surface area contributed by atoms with E-state index in [1.54, 1.807) is 56.8 Å². The number of rotatable bonds is 7. The van der Waals surface area contributed by atoms with E-state index < -0.39 is 24.0 Å². The maximum atomic E-state index is 13.7. The van der Waals surface area contributed by atoms with E-state index in [-0.39, 0.29) is 11.3 Å². The highest BCUT2D eigenvalue weighted by molar-refractivity contribution is 6.15. The smallest absolute Gasteiger partial charge is 0.270 e. The minimum atomic E-state index is -3.03. The van der Waals surface area contributed by atoms with Crippen LogP contribution in [0.15, 0.2) is 72.1 Å². The summed E-state index contributed by atoms with van der Waals surface area (Å²) in [6.45, 7) is 2.43. The normalized spacial score (nSPS) is 16.9. The summed E-state index contributed by atoms with van der Waals surface area (Å²) in [5, 5.41) is 19.1. The first-order chi connectivity index (χ1) is 16.2. The molecule has 3 aromatic rings. The van der Waals surface area contributed by atoms with Gasteiger partial charge in [0.25, 0.3) is 11.8 Å². The van der Waals surface area contributed by atoms with Crippen molar-refractivity contribution in [3.8, 4) is 16.9 Å². The molecule has 1 aliphatic rings. The van der Waals surface area contributed by atoms with E-state index in [1.807, 2.05) is 6.07 Å². The van der Waals surface area contributed by atoms with E-state index in [2.05, 4.69) is 15.4 Å². The average molecular weight is 466 g/mol. The van der Waals surface area contributed by atoms with Crippen molar-refractivity contribution in [1.29, 1.82) is 0 Å². The van der Waals surface area contributed by atoms with Gasteiger partial charge in [-0.15, -0.1) is 0 Å². The predicted molar refractivity (Wildman–Crippen MR) is 126 cm³/mol. The second-order valence-electron chi connectivity index (χ2n) is 8.05. The molecule has 0 bridgehead atoms. The van der Waals surface area contributed by atoms with Gasteiger partial charge in [0.2, 0.25) is 0 Å². The van der Waals surface area contributed by atoms with Gasteiger partial charge in [0.15, 0.2) is 0 Å². The van der Waals surface area contributed by atoms with Gasteiger partial charge in [-0.3, -0.25) is 9.78 Å². The second kappa shape index (κ2) is 9.18. The van der Waals surface area contributed by atoms with Crippen LogP contribution in [0.5, 0.6) is 5.75 Å². The zero-order chi connectivity index (χ0) is 24.5. The summed E-state index contributed by atoms with van der Waals surface area (Å²) in [5.74, 6) is -3.86. The monoisotopic (exact) mass is 466 g/mol. The number of hydrazone groups is 1. The standard InChI is InChI=1S/C25H24F2N4O3/c1-15-22(23(32)29-18-8-4-7-17(12-18)25(2,26)27)24(33)31(30-15)19-9-10-21(34-3)20(13-19)16-6-5-11-28-14-16/h4-14,22-23,29,32H,1-3H3. The van der Waals surface area contributed by atoms with Crippen molar-refractivity contribution in [3.63, 3.8) is 0 Å². The maximum absolute atomic E-state index is 13.7. The number of methoxy groups -OCH3 is 1. The predicted octanol–water partition coefficient (Wildman–Crippen LogP) is 4.64. The lowest BCUT2D eigenvalue weighted by atomic mass is 10.0. The Morgan fingerprint density at radius 1 is 1.18 bits per heavy atom. The number of hydrogen-bond donors (Lipinski definition) is 2. The Kier molecular flexibility index (Phi) is 6.30. The molecule has 1 aliphatic heterocycles. The molecule has 7 nitrogen and oxygen atoms in total. The van der Waals surface area contributed by atoms with E-state index in [4.69, 9.17) is 4.74 Å². The van der Waals surface area contributed by atoms with Crippen LogP contribution in [0.3, 0.4) is 0 Å². The van der Waals surface area contributed by atoms with Gasteiger partial charge < -0.3 is 15.2 Å². The number of aromatic nitrogens is 1. The number of alkyl halides is 2. The van der Waals surface area contributed by atoms with Gasteiger partial charge in [-0.05, 0) is 43.3 Å². The number of carbonyl (C=O) groups is 1. The van der Waals surface area contributed by atoms with Crippen LogP contribution in [0.4, 0.5) is 20.2 Å². The number of nitrogens with zero attached hydrogens (tertiary/aromatic N) is 3. The highest BCUT2D eigenvalue weighted by atomic mass is 19.3. The highest BCUT2D eigenvalue weighted by Gasteiger charge is 2.40. The van der Waals surface area contributed by atoms with E-state index in [0.29, 0.717) is 17.1 Å². The Hall–Kier alpha value is -3.85. The molecule has 0 saturated heterocycles. The molecule has 2 unspecified atom stereocenters. The van der Waals surface area contributed by atoms with Crippen molar-refractivity contribution in [2.45, 2.75) is 26.0 Å². The largest absolute Gasteiger partial charge is 0.496 e. The van der Waals surface area contributed by atoms with Crippen LogP contribution in [0.1, 0.15) is 19.4 Å². The van der Waals surface area contributed by atoms with Crippen molar-refractivity contribution in [1.82, 2.24) is 4.98 Å². The number of pyridine rings is 1. The van der Waals surface area contributed by atoms with Gasteiger partial charge in [0.05, 0.1) is 18.5 Å². The van der Waals surface area contributed by atoms with Gasteiger partial charge >= 0.3 is 0 Å². The van der Waals surface area contributed by atoms with Gasteiger partial charge in [-0.2, -0.15) is 5.10 Å². The first-order valence-electron chi connectivity index (χ1n) is 10.6. The van der Waals surface area contributed by atoms with Crippen molar-refractivity contribution >= 4 is 23.0 Å². The molecule has 0 aliphatic carbocycles. The summed E-state index contributed by atoms with van der Waals surface area (Å²) in [7, 11) is 1.56. The molecule has 2 N–H and O–H groups in total. The van der Waals surface area contributed by atoms with E-state index in [0.717, 1.165) is 18.1 Å². The maximum Gasteiger partial charge on any atom is 0.270 e. The molecule has 34 heavy (non-hydrogen) atoms. The molecule has 1 aromatic heterocycles. The number of halogens is 2. The first-order valence-corrected chi connectivity index (χ1v) is 10.6. The molecule has 2 atom stereocenters. The van der Waals surface area contributed by atoms with Crippen LogP contribution in [0.25, 0.3) is 11.1 Å². The van der Waals surface area contributed by atoms with Crippen molar-refractivity contribution in [3.05, 3.63) is 72.6 Å². The van der Waals surface area contributed by atoms with Crippen molar-refractivity contribution in [2.24, 2.45) is 11.0 Å². The lowest BCUT2D eigenvalue weighted by Gasteiger charge is -2.22. The fraction of sp³-hybridized carbons (Fsp3) is 0.240. The van der Waals surface area contributed by atoms with E-state index in [1.165, 1.54) is 23.2 Å². The zero-order valence-corrected chi connectivity index (χ0v) is 18.9. The summed E-state index contributed by atoms with van der Waals surface area (Å²) < 4.78 is 32.8. The van der Waals surface area contributed by atoms with Crippen molar-refractivity contribution < 1.29 is 23.4 Å². The minimum Gasteiger partial charge on any atom is -0.496 e. The Balaban J connectivity index is 1.58. The summed E-state index contributed by atoms with van der Waals surface area (Å²) in [5.41, 5.74) is 2.49. The van der Waals surface area contributed by atoms with Crippen LogP contribution >= 0.6 is 0 Å². The molecular formula is C25H24F2N4O3. The molecule has 2 aromatic carbocycles. The average Bonchev–Trinajstić information content (AvgIpc) is 3.12. The van der Waals surface area contributed by atoms with Gasteiger partial charge in [0, 0.05) is 41.7 Å². The van der Waals surface area contributed by atoms with Crippen molar-refractivity contribution in [2.75, 3.05) is 17.4 Å². The molecule has 2 heterocycles. The number of amides is 1. The lowest BCUT2D eigenvalue weighted by Crippen LogP contribution is -2.39. The number of anilines is 2. The van der Waals surface area contributed by atoms with E-state index in [9.17, 15) is 18.7 Å². The molecule has 176 valence electrons. The van der Waals surface area contributed by atoms with Gasteiger partial charge in [-0.1, -0.05) is 18.2 Å². The molecular weight excluding hydrogens is 442 g/mol. The molecule has 0 radical (unpaired) electrons. The topological polar surface area (TPSA) is 87.0 Å². The summed E-state index contributed by atoms with van der Waals surface area (Å²) >= 11 is 0. The molecule has 0 saturated carbocycles. The molecule has 0 fully saturated rings. The Labute approximate surface area is 195 Å². The van der Waals surface area contributed by atoms with Gasteiger partial charge in [-0.25, -0.2) is 13.8 Å². The lowest BCUT2D eigenvalue weighted by molar-refractivity contribution is -0.121. The fourth-order valence-electron chi connectivity index (χ4n) is 3.84. The molecule has 1 amide bonds. The number of ether oxygens (including phenoxy) is 1. The minimum absolute atomic E-state index is 0.198. The number of nitrogens with one attached hydrogen (secondary N) is 1. The summed E-state index contributed by atoms with van der Waals surface area (Å²) in [6, 6.07) is 14.4. The quantitative estimate of drug-likeness (QED) is 0.496. The molecule has 9 heteroatoms. The third-order valence-corrected chi connectivity index (χ3v) is 5.58. The number of carbonyl (C=O) groups excluding carboxylic acids is 1. The first kappa shape index (κ1) is 23.3. The second-order valence-corrected chi connectivity index (χ2v) is 8.05. The van der Waals surface area contributed by atoms with Crippen LogP contribution in [-0.4, -0.2) is 35.0 Å². The third-order valence-electron chi connectivity index (χ3n) is 5.58. The molecule has 0 spiro atoms. The number of benzene rings is 2. The number of aliphatic hydroxyl groups excluding tert-OH is 1. The SMILES string of the molecule is COc1ccc(N2N=C(C)C(C(O)Nc3cccc(C(C)(F)F)c3)C2=O)cc1-c1cccnc1. The fourth-order valence-corrected chi connectivity index (χ4v) is 3.84. The Morgan fingerprint density at radius 3 is 2.65 bits per heavy atom. The van der Waals surface area contributed by atoms with Crippen LogP contribution in [0.2, 0.25) is 0 Å². The Bertz CT molecular complexity index is 1230. The molecule has 4 rings (SSSR count). The van der Waals surface area contributed by atoms with Crippen LogP contribution < -0.4 is 15.1 Å². The third kappa shape index (κ3) is 4.60. The zero-order valence-electron chi connectivity index (χ0n) is 18.9. The highest BCUT2D eigenvalue weighted by Crippen LogP contribution is 2.36. The Morgan fingerprint density at radius 2 is 1.97 bits per heavy atom. The summed E-state index contributed by atoms with van der Waals surface area (Å²) in [4.78, 5) is 17.4. The van der Waals surface area contributed by atoms with Gasteiger partial charge in [0.1, 0.15) is 17.9 Å². The number of hydrogen-bond acceptors (Lipinski definition) is 6. The van der Waals surface area contributed by atoms with Crippen LogP contribution in [0, 0.1) is 5.92 Å². The number of aliphatic hydroxyl groups is 1. The summed E-state index contributed by atoms with van der Waals surface area (Å²) in [6.07, 6.45) is 1.98. The van der Waals surface area contributed by atoms with E-state index >= 15 is 0 Å².